The molecule has 2 aromatic rings. The van der Waals surface area contributed by atoms with E-state index in [0.29, 0.717) is 6.54 Å². The van der Waals surface area contributed by atoms with Crippen LogP contribution >= 0.6 is 0 Å². The van der Waals surface area contributed by atoms with E-state index in [9.17, 15) is 4.79 Å². The third-order valence-corrected chi connectivity index (χ3v) is 2.91. The maximum Gasteiger partial charge on any atom is 0.251 e. The van der Waals surface area contributed by atoms with Crippen molar-refractivity contribution in [1.29, 1.82) is 0 Å². The summed E-state index contributed by atoms with van der Waals surface area (Å²) in [6.07, 6.45) is 0. The molecule has 1 N–H and O–H groups in total. The molecular weight excluding hydrogens is 222 g/mol. The quantitative estimate of drug-likeness (QED) is 0.695. The van der Waals surface area contributed by atoms with Crippen molar-refractivity contribution in [2.45, 2.75) is 6.54 Å². The van der Waals surface area contributed by atoms with Crippen molar-refractivity contribution in [2.24, 2.45) is 0 Å². The van der Waals surface area contributed by atoms with E-state index >= 15 is 0 Å². The number of fused-ring (bicyclic) bond motifs is 1. The molecule has 1 aliphatic heterocycles. The first kappa shape index (κ1) is 10.6. The lowest BCUT2D eigenvalue weighted by Crippen LogP contribution is -2.12. The Balaban J connectivity index is 1.92. The number of hydrogen-bond donors (Lipinski definition) is 1. The van der Waals surface area contributed by atoms with Crippen molar-refractivity contribution in [3.63, 3.8) is 0 Å². The minimum atomic E-state index is 0.00701. The molecule has 3 rings (SSSR count). The van der Waals surface area contributed by atoms with Gasteiger partial charge in [0.05, 0.1) is 0 Å². The van der Waals surface area contributed by atoms with Crippen LogP contribution in [0.25, 0.3) is 0 Å². The van der Waals surface area contributed by atoms with Gasteiger partial charge < -0.3 is 5.32 Å². The molecule has 0 bridgehead atoms. The minimum absolute atomic E-state index is 0.00701. The fraction of sp³-hybridized carbons (Fsp3) is 0.0625. The molecule has 0 fully saturated rings. The monoisotopic (exact) mass is 233 g/mol. The van der Waals surface area contributed by atoms with Crippen molar-refractivity contribution in [3.05, 3.63) is 70.8 Å². The Morgan fingerprint density at radius 3 is 2.56 bits per heavy atom. The van der Waals surface area contributed by atoms with E-state index < -0.39 is 0 Å². The summed E-state index contributed by atoms with van der Waals surface area (Å²) in [4.78, 5) is 11.4. The number of hydrogen-bond acceptors (Lipinski definition) is 1. The Kier molecular flexibility index (Phi) is 2.59. The molecule has 0 radical (unpaired) electrons. The van der Waals surface area contributed by atoms with Crippen LogP contribution in [0.1, 0.15) is 27.0 Å². The highest BCUT2D eigenvalue weighted by molar-refractivity contribution is 5.98. The maximum absolute atomic E-state index is 11.4. The van der Waals surface area contributed by atoms with Gasteiger partial charge in [0.15, 0.2) is 0 Å². The van der Waals surface area contributed by atoms with Gasteiger partial charge in [-0.2, -0.15) is 0 Å². The van der Waals surface area contributed by atoms with Gasteiger partial charge in [-0.05, 0) is 35.9 Å². The molecular formula is C16H11NO. The molecule has 2 nitrogen and oxygen atoms in total. The summed E-state index contributed by atoms with van der Waals surface area (Å²) < 4.78 is 0. The number of rotatable bonds is 0. The van der Waals surface area contributed by atoms with E-state index in [1.165, 1.54) is 0 Å². The van der Waals surface area contributed by atoms with Gasteiger partial charge in [0.25, 0.3) is 5.91 Å². The van der Waals surface area contributed by atoms with Crippen molar-refractivity contribution in [3.8, 4) is 11.8 Å². The zero-order chi connectivity index (χ0) is 12.4. The summed E-state index contributed by atoms with van der Waals surface area (Å²) in [7, 11) is 0. The van der Waals surface area contributed by atoms with Crippen LogP contribution in [0.4, 0.5) is 0 Å². The van der Waals surface area contributed by atoms with Crippen LogP contribution in [0.15, 0.2) is 48.5 Å². The van der Waals surface area contributed by atoms with Crippen LogP contribution in [0.3, 0.4) is 0 Å². The Labute approximate surface area is 106 Å². The highest BCUT2D eigenvalue weighted by Gasteiger charge is 2.17. The Hall–Kier alpha value is -2.53. The fourth-order valence-corrected chi connectivity index (χ4v) is 1.98. The summed E-state index contributed by atoms with van der Waals surface area (Å²) in [5.41, 5.74) is 3.72. The Morgan fingerprint density at radius 1 is 0.944 bits per heavy atom. The first-order valence-electron chi connectivity index (χ1n) is 5.81. The van der Waals surface area contributed by atoms with Gasteiger partial charge in [-0.1, -0.05) is 30.0 Å². The molecule has 0 saturated heterocycles. The number of benzene rings is 2. The molecule has 1 amide bonds. The second kappa shape index (κ2) is 4.38. The van der Waals surface area contributed by atoms with E-state index in [2.05, 4.69) is 17.2 Å². The standard InChI is InChI=1S/C16H11NO/c18-16-15-9-8-13(10-14(15)11-17-16)7-6-12-4-2-1-3-5-12/h1-5,8-10H,11H2,(H,17,18). The molecule has 1 heterocycles. The van der Waals surface area contributed by atoms with Crippen molar-refractivity contribution in [2.75, 3.05) is 0 Å². The predicted molar refractivity (Wildman–Crippen MR) is 70.0 cm³/mol. The van der Waals surface area contributed by atoms with E-state index in [-0.39, 0.29) is 5.91 Å². The number of amides is 1. The van der Waals surface area contributed by atoms with E-state index in [0.717, 1.165) is 22.3 Å². The topological polar surface area (TPSA) is 29.1 Å². The average molecular weight is 233 g/mol. The predicted octanol–water partition coefficient (Wildman–Crippen LogP) is 2.33. The van der Waals surface area contributed by atoms with Gasteiger partial charge in [0.2, 0.25) is 0 Å². The number of carbonyl (C=O) groups excluding carboxylic acids is 1. The molecule has 0 aliphatic carbocycles. The largest absolute Gasteiger partial charge is 0.348 e. The lowest BCUT2D eigenvalue weighted by Gasteiger charge is -1.96. The highest BCUT2D eigenvalue weighted by atomic mass is 16.1. The molecule has 0 atom stereocenters. The number of carbonyl (C=O) groups is 1. The zero-order valence-electron chi connectivity index (χ0n) is 9.73. The molecule has 2 heteroatoms. The maximum atomic E-state index is 11.4. The highest BCUT2D eigenvalue weighted by Crippen LogP contribution is 2.16. The molecule has 0 spiro atoms. The third-order valence-electron chi connectivity index (χ3n) is 2.91. The fourth-order valence-electron chi connectivity index (χ4n) is 1.98. The van der Waals surface area contributed by atoms with Crippen LogP contribution in [0, 0.1) is 11.8 Å². The zero-order valence-corrected chi connectivity index (χ0v) is 9.73. The molecule has 2 aromatic carbocycles. The van der Waals surface area contributed by atoms with Crippen LogP contribution in [0.2, 0.25) is 0 Å². The minimum Gasteiger partial charge on any atom is -0.348 e. The summed E-state index contributed by atoms with van der Waals surface area (Å²) in [6.45, 7) is 0.606. The van der Waals surface area contributed by atoms with Gasteiger partial charge in [0, 0.05) is 23.2 Å². The second-order valence-electron chi connectivity index (χ2n) is 4.17. The van der Waals surface area contributed by atoms with Crippen molar-refractivity contribution < 1.29 is 4.79 Å². The van der Waals surface area contributed by atoms with E-state index in [1.807, 2.05) is 48.5 Å². The smallest absolute Gasteiger partial charge is 0.251 e. The molecule has 86 valence electrons. The van der Waals surface area contributed by atoms with Crippen molar-refractivity contribution in [1.82, 2.24) is 5.32 Å². The lowest BCUT2D eigenvalue weighted by molar-refractivity contribution is 0.0966. The normalized spacial score (nSPS) is 12.3. The molecule has 1 aliphatic rings. The van der Waals surface area contributed by atoms with Gasteiger partial charge >= 0.3 is 0 Å². The van der Waals surface area contributed by atoms with Crippen molar-refractivity contribution >= 4 is 5.91 Å². The summed E-state index contributed by atoms with van der Waals surface area (Å²) in [5.74, 6) is 6.23. The van der Waals surface area contributed by atoms with E-state index in [1.54, 1.807) is 0 Å². The Morgan fingerprint density at radius 2 is 1.72 bits per heavy atom. The van der Waals surface area contributed by atoms with Gasteiger partial charge in [0.1, 0.15) is 0 Å². The Bertz CT molecular complexity index is 662. The number of nitrogens with one attached hydrogen (secondary N) is 1. The van der Waals surface area contributed by atoms with E-state index in [4.69, 9.17) is 0 Å². The van der Waals surface area contributed by atoms with Crippen LogP contribution < -0.4 is 5.32 Å². The van der Waals surface area contributed by atoms with Crippen LogP contribution in [-0.4, -0.2) is 5.91 Å². The first-order chi connectivity index (χ1) is 8.83. The molecule has 0 unspecified atom stereocenters. The summed E-state index contributed by atoms with van der Waals surface area (Å²) >= 11 is 0. The van der Waals surface area contributed by atoms with Gasteiger partial charge in [-0.3, -0.25) is 4.79 Å². The van der Waals surface area contributed by atoms with Crippen LogP contribution in [-0.2, 0) is 6.54 Å². The lowest BCUT2D eigenvalue weighted by atomic mass is 10.1. The average Bonchev–Trinajstić information content (AvgIpc) is 2.79. The second-order valence-corrected chi connectivity index (χ2v) is 4.17. The summed E-state index contributed by atoms with van der Waals surface area (Å²) in [6, 6.07) is 15.6. The van der Waals surface area contributed by atoms with Gasteiger partial charge in [-0.15, -0.1) is 0 Å². The van der Waals surface area contributed by atoms with Gasteiger partial charge in [-0.25, -0.2) is 0 Å². The molecule has 0 saturated carbocycles. The van der Waals surface area contributed by atoms with Crippen LogP contribution in [0.5, 0.6) is 0 Å². The first-order valence-corrected chi connectivity index (χ1v) is 5.81. The summed E-state index contributed by atoms with van der Waals surface area (Å²) in [5, 5.41) is 2.80. The molecule has 18 heavy (non-hydrogen) atoms. The SMILES string of the molecule is O=C1NCc2cc(C#Cc3ccccc3)ccc21. The molecule has 0 aromatic heterocycles. The third kappa shape index (κ3) is 1.99.